The molecular weight excluding hydrogens is 333 g/mol. The normalized spacial score (nSPS) is 10.8. The van der Waals surface area contributed by atoms with Crippen LogP contribution < -0.4 is 5.32 Å². The van der Waals surface area contributed by atoms with E-state index in [9.17, 15) is 14.0 Å². The van der Waals surface area contributed by atoms with Crippen LogP contribution in [0.15, 0.2) is 41.0 Å². The van der Waals surface area contributed by atoms with Gasteiger partial charge in [0.2, 0.25) is 0 Å². The Morgan fingerprint density at radius 2 is 2.12 bits per heavy atom. The Bertz CT molecular complexity index is 886. The molecule has 5 nitrogen and oxygen atoms in total. The Labute approximate surface area is 141 Å². The number of furan rings is 1. The number of hydrogen-bond donors (Lipinski definition) is 1. The number of benzene rings is 1. The highest BCUT2D eigenvalue weighted by Gasteiger charge is 2.19. The van der Waals surface area contributed by atoms with Crippen molar-refractivity contribution >= 4 is 33.3 Å². The van der Waals surface area contributed by atoms with E-state index < -0.39 is 18.5 Å². The van der Waals surface area contributed by atoms with Crippen molar-refractivity contribution in [1.82, 2.24) is 5.32 Å². The van der Waals surface area contributed by atoms with E-state index in [0.717, 1.165) is 11.3 Å². The minimum absolute atomic E-state index is 0.219. The van der Waals surface area contributed by atoms with Crippen molar-refractivity contribution in [3.8, 4) is 0 Å². The van der Waals surface area contributed by atoms with Gasteiger partial charge in [-0.25, -0.2) is 9.18 Å². The molecule has 2 aromatic heterocycles. The van der Waals surface area contributed by atoms with E-state index in [1.807, 2.05) is 0 Å². The lowest BCUT2D eigenvalue weighted by Crippen LogP contribution is -2.28. The molecule has 0 bridgehead atoms. The summed E-state index contributed by atoms with van der Waals surface area (Å²) < 4.78 is 24.6. The number of amides is 1. The molecule has 24 heavy (non-hydrogen) atoms. The summed E-state index contributed by atoms with van der Waals surface area (Å²) in [4.78, 5) is 24.1. The topological polar surface area (TPSA) is 68.5 Å². The van der Waals surface area contributed by atoms with Gasteiger partial charge in [-0.3, -0.25) is 4.79 Å². The lowest BCUT2D eigenvalue weighted by atomic mass is 10.1. The second-order valence-electron chi connectivity index (χ2n) is 5.10. The van der Waals surface area contributed by atoms with E-state index in [2.05, 4.69) is 5.32 Å². The van der Waals surface area contributed by atoms with Gasteiger partial charge < -0.3 is 14.5 Å². The van der Waals surface area contributed by atoms with Crippen LogP contribution in [0.1, 0.15) is 21.0 Å². The fourth-order valence-corrected chi connectivity index (χ4v) is 3.41. The van der Waals surface area contributed by atoms with Crippen LogP contribution in [0.3, 0.4) is 0 Å². The predicted molar refractivity (Wildman–Crippen MR) is 87.4 cm³/mol. The molecular formula is C17H14FNO4S. The molecule has 1 aromatic carbocycles. The summed E-state index contributed by atoms with van der Waals surface area (Å²) in [5.74, 6) is -0.854. The van der Waals surface area contributed by atoms with Crippen LogP contribution in [0.4, 0.5) is 4.39 Å². The SMILES string of the molecule is Cc1c(C(=O)OCC(=O)NCc2ccco2)sc2cccc(F)c12. The van der Waals surface area contributed by atoms with Crippen LogP contribution >= 0.6 is 11.3 Å². The average Bonchev–Trinajstić information content (AvgIpc) is 3.19. The molecule has 0 saturated heterocycles. The summed E-state index contributed by atoms with van der Waals surface area (Å²) in [7, 11) is 0. The first kappa shape index (κ1) is 16.2. The number of carbonyl (C=O) groups is 2. The molecule has 0 atom stereocenters. The van der Waals surface area contributed by atoms with Gasteiger partial charge in [-0.1, -0.05) is 6.07 Å². The zero-order chi connectivity index (χ0) is 17.1. The fourth-order valence-electron chi connectivity index (χ4n) is 2.29. The molecule has 3 rings (SSSR count). The number of carbonyl (C=O) groups excluding carboxylic acids is 2. The van der Waals surface area contributed by atoms with Gasteiger partial charge in [-0.15, -0.1) is 11.3 Å². The maximum Gasteiger partial charge on any atom is 0.349 e. The summed E-state index contributed by atoms with van der Waals surface area (Å²) in [6.07, 6.45) is 1.50. The first-order valence-corrected chi connectivity index (χ1v) is 8.01. The van der Waals surface area contributed by atoms with Gasteiger partial charge in [0.05, 0.1) is 12.8 Å². The highest BCUT2D eigenvalue weighted by Crippen LogP contribution is 2.32. The molecule has 0 radical (unpaired) electrons. The third kappa shape index (κ3) is 3.30. The Morgan fingerprint density at radius 1 is 1.29 bits per heavy atom. The van der Waals surface area contributed by atoms with Gasteiger partial charge in [0, 0.05) is 10.1 Å². The van der Waals surface area contributed by atoms with E-state index in [-0.39, 0.29) is 12.4 Å². The number of ether oxygens (including phenoxy) is 1. The minimum Gasteiger partial charge on any atom is -0.467 e. The zero-order valence-electron chi connectivity index (χ0n) is 12.8. The predicted octanol–water partition coefficient (Wildman–Crippen LogP) is 3.42. The number of esters is 1. The number of fused-ring (bicyclic) bond motifs is 1. The van der Waals surface area contributed by atoms with Gasteiger partial charge in [0.25, 0.3) is 5.91 Å². The molecule has 0 aliphatic rings. The second-order valence-corrected chi connectivity index (χ2v) is 6.15. The maximum atomic E-state index is 13.9. The summed E-state index contributed by atoms with van der Waals surface area (Å²) in [5, 5.41) is 2.99. The Kier molecular flexibility index (Phi) is 4.61. The molecule has 2 heterocycles. The van der Waals surface area contributed by atoms with Crippen molar-refractivity contribution in [1.29, 1.82) is 0 Å². The fraction of sp³-hybridized carbons (Fsp3) is 0.176. The van der Waals surface area contributed by atoms with Gasteiger partial charge in [-0.05, 0) is 36.8 Å². The van der Waals surface area contributed by atoms with E-state index in [4.69, 9.17) is 9.15 Å². The van der Waals surface area contributed by atoms with Crippen molar-refractivity contribution in [2.75, 3.05) is 6.61 Å². The maximum absolute atomic E-state index is 13.9. The van der Waals surface area contributed by atoms with Crippen LogP contribution in [-0.2, 0) is 16.1 Å². The van der Waals surface area contributed by atoms with Gasteiger partial charge >= 0.3 is 5.97 Å². The van der Waals surface area contributed by atoms with Crippen molar-refractivity contribution in [2.45, 2.75) is 13.5 Å². The molecule has 3 aromatic rings. The lowest BCUT2D eigenvalue weighted by molar-refractivity contribution is -0.124. The molecule has 0 fully saturated rings. The molecule has 1 amide bonds. The monoisotopic (exact) mass is 347 g/mol. The van der Waals surface area contributed by atoms with Crippen molar-refractivity contribution in [3.63, 3.8) is 0 Å². The van der Waals surface area contributed by atoms with Crippen molar-refractivity contribution in [3.05, 3.63) is 58.6 Å². The summed E-state index contributed by atoms with van der Waals surface area (Å²) in [6, 6.07) is 8.11. The van der Waals surface area contributed by atoms with Gasteiger partial charge in [0.1, 0.15) is 16.5 Å². The highest BCUT2D eigenvalue weighted by atomic mass is 32.1. The van der Waals surface area contributed by atoms with E-state index in [1.165, 1.54) is 12.3 Å². The third-order valence-electron chi connectivity index (χ3n) is 3.46. The van der Waals surface area contributed by atoms with E-state index in [0.29, 0.717) is 26.3 Å². The smallest absolute Gasteiger partial charge is 0.349 e. The van der Waals surface area contributed by atoms with Crippen LogP contribution in [-0.4, -0.2) is 18.5 Å². The number of thiophene rings is 1. The molecule has 0 unspecified atom stereocenters. The number of aryl methyl sites for hydroxylation is 1. The molecule has 0 aliphatic heterocycles. The van der Waals surface area contributed by atoms with Crippen molar-refractivity contribution in [2.24, 2.45) is 0 Å². The first-order valence-electron chi connectivity index (χ1n) is 7.20. The van der Waals surface area contributed by atoms with Crippen LogP contribution in [0.5, 0.6) is 0 Å². The zero-order valence-corrected chi connectivity index (χ0v) is 13.6. The van der Waals surface area contributed by atoms with Crippen LogP contribution in [0.25, 0.3) is 10.1 Å². The van der Waals surface area contributed by atoms with Crippen LogP contribution in [0, 0.1) is 12.7 Å². The Balaban J connectivity index is 1.62. The summed E-state index contributed by atoms with van der Waals surface area (Å²) in [5.41, 5.74) is 0.522. The molecule has 124 valence electrons. The third-order valence-corrected chi connectivity index (χ3v) is 4.70. The van der Waals surface area contributed by atoms with Crippen molar-refractivity contribution < 1.29 is 23.1 Å². The largest absolute Gasteiger partial charge is 0.467 e. The molecule has 0 saturated carbocycles. The summed E-state index contributed by atoms with van der Waals surface area (Å²) >= 11 is 1.15. The minimum atomic E-state index is -0.638. The standard InChI is InChI=1S/C17H14FNO4S/c1-10-15-12(18)5-2-6-13(15)24-16(10)17(21)23-9-14(20)19-8-11-4-3-7-22-11/h2-7H,8-9H2,1H3,(H,19,20). The van der Waals surface area contributed by atoms with Gasteiger partial charge in [0.15, 0.2) is 6.61 Å². The molecule has 0 spiro atoms. The Hall–Kier alpha value is -2.67. The molecule has 7 heteroatoms. The molecule has 1 N–H and O–H groups in total. The number of nitrogens with one attached hydrogen (secondary N) is 1. The lowest BCUT2D eigenvalue weighted by Gasteiger charge is -2.05. The number of hydrogen-bond acceptors (Lipinski definition) is 5. The molecule has 0 aliphatic carbocycles. The van der Waals surface area contributed by atoms with Gasteiger partial charge in [-0.2, -0.15) is 0 Å². The van der Waals surface area contributed by atoms with E-state index in [1.54, 1.807) is 31.2 Å². The quantitative estimate of drug-likeness (QED) is 0.718. The average molecular weight is 347 g/mol. The number of rotatable bonds is 5. The van der Waals surface area contributed by atoms with E-state index >= 15 is 0 Å². The number of halogens is 1. The highest BCUT2D eigenvalue weighted by molar-refractivity contribution is 7.21. The second kappa shape index (κ2) is 6.84. The Morgan fingerprint density at radius 3 is 2.83 bits per heavy atom. The summed E-state index contributed by atoms with van der Waals surface area (Å²) in [6.45, 7) is 1.47. The first-order chi connectivity index (χ1) is 11.6. The van der Waals surface area contributed by atoms with Crippen LogP contribution in [0.2, 0.25) is 0 Å².